The largest absolute Gasteiger partial charge is 0.415 e. The monoisotopic (exact) mass is 237 g/mol. The first-order chi connectivity index (χ1) is 8.15. The molecule has 1 aromatic rings. The number of rotatable bonds is 5. The summed E-state index contributed by atoms with van der Waals surface area (Å²) < 4.78 is 10.2. The number of nitrogens with zero attached hydrogens (tertiary/aromatic N) is 1. The molecule has 0 aliphatic carbocycles. The van der Waals surface area contributed by atoms with Crippen molar-refractivity contribution in [1.29, 1.82) is 0 Å². The highest BCUT2D eigenvalue weighted by Gasteiger charge is 2.18. The average molecular weight is 237 g/mol. The Morgan fingerprint density at radius 3 is 2.47 bits per heavy atom. The number of hydrogen-bond donors (Lipinski definition) is 0. The maximum Gasteiger partial charge on any atom is 0.415 e. The van der Waals surface area contributed by atoms with E-state index in [0.29, 0.717) is 18.9 Å². The van der Waals surface area contributed by atoms with Crippen molar-refractivity contribution >= 4 is 6.09 Å². The van der Waals surface area contributed by atoms with E-state index in [0.717, 1.165) is 0 Å². The summed E-state index contributed by atoms with van der Waals surface area (Å²) in [4.78, 5) is 13.5. The smallest absolute Gasteiger partial charge is 0.410 e. The van der Waals surface area contributed by atoms with Crippen molar-refractivity contribution in [1.82, 2.24) is 4.90 Å². The molecule has 0 aliphatic rings. The zero-order valence-electron chi connectivity index (χ0n) is 10.6. The van der Waals surface area contributed by atoms with Crippen molar-refractivity contribution < 1.29 is 14.3 Å². The molecule has 0 heterocycles. The van der Waals surface area contributed by atoms with Gasteiger partial charge in [0.05, 0.1) is 6.61 Å². The summed E-state index contributed by atoms with van der Waals surface area (Å²) in [6.45, 7) is 4.92. The van der Waals surface area contributed by atoms with Gasteiger partial charge >= 0.3 is 6.09 Å². The van der Waals surface area contributed by atoms with Gasteiger partial charge in [-0.1, -0.05) is 18.2 Å². The SMILES string of the molecule is COCCN(C(=O)Oc1ccccc1)C(C)C. The van der Waals surface area contributed by atoms with E-state index < -0.39 is 0 Å². The molecular formula is C13H19NO3. The Morgan fingerprint density at radius 2 is 1.94 bits per heavy atom. The minimum absolute atomic E-state index is 0.0846. The molecule has 0 aliphatic heterocycles. The lowest BCUT2D eigenvalue weighted by Crippen LogP contribution is -2.41. The fourth-order valence-electron chi connectivity index (χ4n) is 1.40. The third kappa shape index (κ3) is 4.44. The number of hydrogen-bond acceptors (Lipinski definition) is 3. The summed E-state index contributed by atoms with van der Waals surface area (Å²) >= 11 is 0. The van der Waals surface area contributed by atoms with Crippen LogP contribution in [0.15, 0.2) is 30.3 Å². The third-order valence-corrected chi connectivity index (χ3v) is 2.34. The lowest BCUT2D eigenvalue weighted by atomic mass is 10.3. The molecule has 4 heteroatoms. The van der Waals surface area contributed by atoms with Gasteiger partial charge in [-0.15, -0.1) is 0 Å². The number of para-hydroxylation sites is 1. The number of ether oxygens (including phenoxy) is 2. The van der Waals surface area contributed by atoms with Crippen LogP contribution < -0.4 is 4.74 Å². The fourth-order valence-corrected chi connectivity index (χ4v) is 1.40. The van der Waals surface area contributed by atoms with Gasteiger partial charge in [0.15, 0.2) is 0 Å². The second-order valence-electron chi connectivity index (χ2n) is 3.96. The number of carbonyl (C=O) groups excluding carboxylic acids is 1. The molecule has 1 rings (SSSR count). The van der Waals surface area contributed by atoms with E-state index in [-0.39, 0.29) is 12.1 Å². The van der Waals surface area contributed by atoms with Gasteiger partial charge in [0.1, 0.15) is 5.75 Å². The average Bonchev–Trinajstić information content (AvgIpc) is 2.30. The second kappa shape index (κ2) is 6.91. The summed E-state index contributed by atoms with van der Waals surface area (Å²) in [6, 6.07) is 9.14. The summed E-state index contributed by atoms with van der Waals surface area (Å²) in [7, 11) is 1.61. The predicted molar refractivity (Wildman–Crippen MR) is 66.2 cm³/mol. The van der Waals surface area contributed by atoms with E-state index in [1.807, 2.05) is 32.0 Å². The third-order valence-electron chi connectivity index (χ3n) is 2.34. The second-order valence-corrected chi connectivity index (χ2v) is 3.96. The fraction of sp³-hybridized carbons (Fsp3) is 0.462. The molecule has 0 radical (unpaired) electrons. The lowest BCUT2D eigenvalue weighted by Gasteiger charge is -2.25. The van der Waals surface area contributed by atoms with Crippen LogP contribution in [0.1, 0.15) is 13.8 Å². The molecule has 0 atom stereocenters. The van der Waals surface area contributed by atoms with Crippen LogP contribution in [0.4, 0.5) is 4.79 Å². The molecule has 0 saturated heterocycles. The normalized spacial score (nSPS) is 10.4. The minimum atomic E-state index is -0.344. The Balaban J connectivity index is 2.59. The van der Waals surface area contributed by atoms with Crippen LogP contribution in [0.2, 0.25) is 0 Å². The van der Waals surface area contributed by atoms with Crippen molar-refractivity contribution in [3.05, 3.63) is 30.3 Å². The van der Waals surface area contributed by atoms with E-state index in [4.69, 9.17) is 9.47 Å². The standard InChI is InChI=1S/C13H19NO3/c1-11(2)14(9-10-16-3)13(15)17-12-7-5-4-6-8-12/h4-8,11H,9-10H2,1-3H3. The van der Waals surface area contributed by atoms with Gasteiger partial charge in [0.2, 0.25) is 0 Å². The molecule has 0 spiro atoms. The molecule has 0 bridgehead atoms. The Bertz CT molecular complexity index is 338. The van der Waals surface area contributed by atoms with Crippen molar-refractivity contribution in [2.75, 3.05) is 20.3 Å². The van der Waals surface area contributed by atoms with Gasteiger partial charge in [-0.25, -0.2) is 4.79 Å². The number of methoxy groups -OCH3 is 1. The Labute approximate surface area is 102 Å². The quantitative estimate of drug-likeness (QED) is 0.790. The first kappa shape index (κ1) is 13.5. The highest BCUT2D eigenvalue weighted by molar-refractivity contribution is 5.70. The van der Waals surface area contributed by atoms with Gasteiger partial charge in [0.25, 0.3) is 0 Å². The van der Waals surface area contributed by atoms with Crippen LogP contribution in [0.3, 0.4) is 0 Å². The highest BCUT2D eigenvalue weighted by atomic mass is 16.6. The lowest BCUT2D eigenvalue weighted by molar-refractivity contribution is 0.110. The molecule has 0 saturated carbocycles. The Hall–Kier alpha value is -1.55. The maximum atomic E-state index is 11.9. The highest BCUT2D eigenvalue weighted by Crippen LogP contribution is 2.11. The minimum Gasteiger partial charge on any atom is -0.410 e. The van der Waals surface area contributed by atoms with Gasteiger partial charge in [-0.3, -0.25) is 0 Å². The topological polar surface area (TPSA) is 38.8 Å². The molecular weight excluding hydrogens is 218 g/mol. The zero-order chi connectivity index (χ0) is 12.7. The van der Waals surface area contributed by atoms with Crippen molar-refractivity contribution in [2.24, 2.45) is 0 Å². The van der Waals surface area contributed by atoms with Crippen LogP contribution in [0.25, 0.3) is 0 Å². The Morgan fingerprint density at radius 1 is 1.29 bits per heavy atom. The summed E-state index contributed by atoms with van der Waals surface area (Å²) in [5.74, 6) is 0.556. The molecule has 4 nitrogen and oxygen atoms in total. The summed E-state index contributed by atoms with van der Waals surface area (Å²) in [5.41, 5.74) is 0. The van der Waals surface area contributed by atoms with Gasteiger partial charge in [0, 0.05) is 19.7 Å². The first-order valence-corrected chi connectivity index (χ1v) is 5.67. The molecule has 0 unspecified atom stereocenters. The first-order valence-electron chi connectivity index (χ1n) is 5.67. The van der Waals surface area contributed by atoms with Crippen molar-refractivity contribution in [2.45, 2.75) is 19.9 Å². The number of benzene rings is 1. The summed E-state index contributed by atoms with van der Waals surface area (Å²) in [6.07, 6.45) is -0.344. The molecule has 17 heavy (non-hydrogen) atoms. The van der Waals surface area contributed by atoms with E-state index in [1.54, 1.807) is 24.1 Å². The number of amides is 1. The molecule has 1 amide bonds. The molecule has 0 N–H and O–H groups in total. The zero-order valence-corrected chi connectivity index (χ0v) is 10.6. The van der Waals surface area contributed by atoms with Crippen LogP contribution in [-0.2, 0) is 4.74 Å². The van der Waals surface area contributed by atoms with Crippen molar-refractivity contribution in [3.8, 4) is 5.75 Å². The van der Waals surface area contributed by atoms with Crippen LogP contribution in [-0.4, -0.2) is 37.3 Å². The number of carbonyl (C=O) groups is 1. The van der Waals surface area contributed by atoms with E-state index in [1.165, 1.54) is 0 Å². The van der Waals surface area contributed by atoms with Gasteiger partial charge in [-0.2, -0.15) is 0 Å². The van der Waals surface area contributed by atoms with Crippen molar-refractivity contribution in [3.63, 3.8) is 0 Å². The predicted octanol–water partition coefficient (Wildman–Crippen LogP) is 2.54. The maximum absolute atomic E-state index is 11.9. The van der Waals surface area contributed by atoms with Crippen LogP contribution in [0, 0.1) is 0 Å². The molecule has 0 aromatic heterocycles. The van der Waals surface area contributed by atoms with Gasteiger partial charge < -0.3 is 14.4 Å². The van der Waals surface area contributed by atoms with Crippen LogP contribution in [0.5, 0.6) is 5.75 Å². The van der Waals surface area contributed by atoms with Crippen LogP contribution >= 0.6 is 0 Å². The Kier molecular flexibility index (Phi) is 5.49. The van der Waals surface area contributed by atoms with E-state index >= 15 is 0 Å². The molecule has 0 fully saturated rings. The van der Waals surface area contributed by atoms with Gasteiger partial charge in [-0.05, 0) is 26.0 Å². The molecule has 1 aromatic carbocycles. The summed E-state index contributed by atoms with van der Waals surface area (Å²) in [5, 5.41) is 0. The van der Waals surface area contributed by atoms with E-state index in [2.05, 4.69) is 0 Å². The molecule has 94 valence electrons. The van der Waals surface area contributed by atoms with E-state index in [9.17, 15) is 4.79 Å².